The van der Waals surface area contributed by atoms with Crippen molar-refractivity contribution < 1.29 is 28.2 Å². The zero-order valence-corrected chi connectivity index (χ0v) is 20.5. The van der Waals surface area contributed by atoms with Gasteiger partial charge in [-0.05, 0) is 36.4 Å². The number of carbonyl (C=O) groups is 2. The van der Waals surface area contributed by atoms with Crippen LogP contribution in [0.1, 0.15) is 26.7 Å². The van der Waals surface area contributed by atoms with Crippen LogP contribution in [0.5, 0.6) is 11.5 Å². The number of nitrogens with zero attached hydrogens (tertiary/aromatic N) is 1. The smallest absolute Gasteiger partial charge is 0.373 e. The number of para-hydroxylation sites is 1. The number of ether oxygens (including phenoxy) is 3. The number of amides is 1. The van der Waals surface area contributed by atoms with Crippen molar-refractivity contribution >= 4 is 34.5 Å². The van der Waals surface area contributed by atoms with E-state index in [0.717, 1.165) is 15.8 Å². The number of furan rings is 1. The van der Waals surface area contributed by atoms with E-state index in [1.807, 2.05) is 12.1 Å². The van der Waals surface area contributed by atoms with Gasteiger partial charge >= 0.3 is 5.97 Å². The highest BCUT2D eigenvalue weighted by molar-refractivity contribution is 7.98. The van der Waals surface area contributed by atoms with Crippen LogP contribution in [0, 0.1) is 0 Å². The van der Waals surface area contributed by atoms with Gasteiger partial charge in [0.15, 0.2) is 11.5 Å². The molecule has 1 amide bonds. The predicted molar refractivity (Wildman–Crippen MR) is 133 cm³/mol. The lowest BCUT2D eigenvalue weighted by Gasteiger charge is -2.10. The van der Waals surface area contributed by atoms with Crippen LogP contribution >= 0.6 is 11.8 Å². The van der Waals surface area contributed by atoms with E-state index in [0.29, 0.717) is 41.7 Å². The summed E-state index contributed by atoms with van der Waals surface area (Å²) in [6.07, 6.45) is 2.07. The van der Waals surface area contributed by atoms with Crippen molar-refractivity contribution in [2.24, 2.45) is 0 Å². The minimum atomic E-state index is -0.493. The fourth-order valence-electron chi connectivity index (χ4n) is 3.70. The van der Waals surface area contributed by atoms with E-state index in [1.165, 1.54) is 14.2 Å². The highest BCUT2D eigenvalue weighted by Gasteiger charge is 2.14. The molecule has 0 atom stereocenters. The maximum atomic E-state index is 12.6. The molecule has 2 aromatic heterocycles. The van der Waals surface area contributed by atoms with E-state index in [4.69, 9.17) is 18.6 Å². The molecule has 0 aliphatic heterocycles. The maximum Gasteiger partial charge on any atom is 0.373 e. The summed E-state index contributed by atoms with van der Waals surface area (Å²) < 4.78 is 22.9. The molecule has 0 unspecified atom stereocenters. The minimum absolute atomic E-state index is 0.184. The number of benzene rings is 2. The Hall–Kier alpha value is -3.85. The van der Waals surface area contributed by atoms with Gasteiger partial charge in [0, 0.05) is 40.6 Å². The molecule has 4 rings (SSSR count). The summed E-state index contributed by atoms with van der Waals surface area (Å²) in [4.78, 5) is 25.3. The number of carbonyl (C=O) groups excluding carboxylic acids is 2. The summed E-state index contributed by atoms with van der Waals surface area (Å²) in [6, 6.07) is 16.6. The summed E-state index contributed by atoms with van der Waals surface area (Å²) in [5.74, 6) is 1.85. The topological polar surface area (TPSA) is 91.9 Å². The summed E-state index contributed by atoms with van der Waals surface area (Å²) in [5, 5.41) is 4.08. The Morgan fingerprint density at radius 1 is 1.00 bits per heavy atom. The van der Waals surface area contributed by atoms with Crippen molar-refractivity contribution in [3.63, 3.8) is 0 Å². The monoisotopic (exact) mass is 494 g/mol. The number of hydrogen-bond donors (Lipinski definition) is 1. The second-order valence-electron chi connectivity index (χ2n) is 7.58. The first-order valence-corrected chi connectivity index (χ1v) is 11.9. The lowest BCUT2D eigenvalue weighted by atomic mass is 10.2. The fraction of sp³-hybridized carbons (Fsp3) is 0.231. The molecular weight excluding hydrogens is 468 g/mol. The average Bonchev–Trinajstić information content (AvgIpc) is 3.51. The molecule has 0 spiro atoms. The van der Waals surface area contributed by atoms with E-state index < -0.39 is 5.97 Å². The van der Waals surface area contributed by atoms with E-state index in [9.17, 15) is 9.59 Å². The van der Waals surface area contributed by atoms with Gasteiger partial charge in [-0.25, -0.2) is 4.79 Å². The Morgan fingerprint density at radius 3 is 2.57 bits per heavy atom. The van der Waals surface area contributed by atoms with E-state index in [1.54, 1.807) is 49.2 Å². The van der Waals surface area contributed by atoms with Crippen molar-refractivity contribution in [1.82, 2.24) is 9.88 Å². The Balaban J connectivity index is 1.41. The first kappa shape index (κ1) is 24.3. The summed E-state index contributed by atoms with van der Waals surface area (Å²) in [7, 11) is 4.42. The number of rotatable bonds is 10. The van der Waals surface area contributed by atoms with Gasteiger partial charge in [-0.2, -0.15) is 0 Å². The Bertz CT molecular complexity index is 1340. The van der Waals surface area contributed by atoms with Gasteiger partial charge in [-0.15, -0.1) is 11.8 Å². The molecule has 182 valence electrons. The van der Waals surface area contributed by atoms with Gasteiger partial charge in [0.25, 0.3) is 5.91 Å². The molecule has 0 saturated carbocycles. The molecule has 0 aliphatic rings. The predicted octanol–water partition coefficient (Wildman–Crippen LogP) is 4.76. The molecule has 0 fully saturated rings. The van der Waals surface area contributed by atoms with Crippen LogP contribution in [0.3, 0.4) is 0 Å². The highest BCUT2D eigenvalue weighted by atomic mass is 32.2. The molecule has 9 heteroatoms. The maximum absolute atomic E-state index is 12.6. The lowest BCUT2D eigenvalue weighted by Crippen LogP contribution is -2.27. The number of fused-ring (bicyclic) bond motifs is 1. The molecule has 4 aromatic rings. The van der Waals surface area contributed by atoms with Gasteiger partial charge in [0.1, 0.15) is 5.76 Å². The van der Waals surface area contributed by atoms with Crippen LogP contribution in [0.4, 0.5) is 0 Å². The molecule has 0 bridgehead atoms. The Kier molecular flexibility index (Phi) is 7.67. The van der Waals surface area contributed by atoms with Crippen LogP contribution in [-0.4, -0.2) is 44.3 Å². The van der Waals surface area contributed by atoms with Gasteiger partial charge in [0.2, 0.25) is 5.76 Å². The Labute approximate surface area is 207 Å². The van der Waals surface area contributed by atoms with Crippen molar-refractivity contribution in [2.75, 3.05) is 27.9 Å². The van der Waals surface area contributed by atoms with Crippen molar-refractivity contribution in [1.29, 1.82) is 0 Å². The van der Waals surface area contributed by atoms with Crippen molar-refractivity contribution in [3.8, 4) is 11.5 Å². The van der Waals surface area contributed by atoms with Crippen molar-refractivity contribution in [3.05, 3.63) is 77.9 Å². The highest BCUT2D eigenvalue weighted by Crippen LogP contribution is 2.32. The standard InChI is InChI=1S/C26H26N2O6S/c1-31-21-10-8-17(14-23(21)32-2)25(29)27-12-13-28-15-24(19-6-4-5-7-20(19)28)35-16-18-9-11-22(34-18)26(30)33-3/h4-11,14-15H,12-13,16H2,1-3H3,(H,27,29). The van der Waals surface area contributed by atoms with Crippen LogP contribution in [0.15, 0.2) is 70.1 Å². The number of nitrogens with one attached hydrogen (secondary N) is 1. The number of aromatic nitrogens is 1. The molecule has 0 saturated heterocycles. The Morgan fingerprint density at radius 2 is 1.80 bits per heavy atom. The molecular formula is C26H26N2O6S. The molecule has 1 N–H and O–H groups in total. The van der Waals surface area contributed by atoms with Gasteiger partial charge in [-0.1, -0.05) is 18.2 Å². The second-order valence-corrected chi connectivity index (χ2v) is 8.59. The molecule has 35 heavy (non-hydrogen) atoms. The quantitative estimate of drug-likeness (QED) is 0.251. The lowest BCUT2D eigenvalue weighted by molar-refractivity contribution is 0.0563. The summed E-state index contributed by atoms with van der Waals surface area (Å²) in [6.45, 7) is 1.06. The third-order valence-corrected chi connectivity index (χ3v) is 6.52. The zero-order valence-electron chi connectivity index (χ0n) is 19.7. The summed E-state index contributed by atoms with van der Waals surface area (Å²) >= 11 is 1.62. The number of thioether (sulfide) groups is 1. The largest absolute Gasteiger partial charge is 0.493 e. The SMILES string of the molecule is COC(=O)c1ccc(CSc2cn(CCNC(=O)c3ccc(OC)c(OC)c3)c3ccccc23)o1. The third-order valence-electron chi connectivity index (χ3n) is 5.45. The first-order chi connectivity index (χ1) is 17.0. The van der Waals surface area contributed by atoms with Crippen LogP contribution in [0.25, 0.3) is 10.9 Å². The van der Waals surface area contributed by atoms with Crippen molar-refractivity contribution in [2.45, 2.75) is 17.2 Å². The fourth-order valence-corrected chi connectivity index (χ4v) is 4.68. The number of esters is 1. The van der Waals surface area contributed by atoms with E-state index in [-0.39, 0.29) is 11.7 Å². The first-order valence-electron chi connectivity index (χ1n) is 10.9. The molecule has 2 aromatic carbocycles. The minimum Gasteiger partial charge on any atom is -0.493 e. The van der Waals surface area contributed by atoms with Gasteiger partial charge in [0.05, 0.1) is 27.1 Å². The molecule has 0 radical (unpaired) electrons. The molecule has 8 nitrogen and oxygen atoms in total. The number of methoxy groups -OCH3 is 3. The summed E-state index contributed by atoms with van der Waals surface area (Å²) in [5.41, 5.74) is 1.58. The van der Waals surface area contributed by atoms with Crippen LogP contribution in [0.2, 0.25) is 0 Å². The number of hydrogen-bond acceptors (Lipinski definition) is 7. The average molecular weight is 495 g/mol. The van der Waals surface area contributed by atoms with Crippen LogP contribution < -0.4 is 14.8 Å². The van der Waals surface area contributed by atoms with E-state index >= 15 is 0 Å². The van der Waals surface area contributed by atoms with Gasteiger partial charge in [-0.3, -0.25) is 4.79 Å². The second kappa shape index (κ2) is 11.1. The normalized spacial score (nSPS) is 10.8. The molecule has 2 heterocycles. The van der Waals surface area contributed by atoms with Crippen LogP contribution in [-0.2, 0) is 17.0 Å². The van der Waals surface area contributed by atoms with Gasteiger partial charge < -0.3 is 28.5 Å². The zero-order chi connectivity index (χ0) is 24.8. The van der Waals surface area contributed by atoms with E-state index in [2.05, 4.69) is 28.2 Å². The molecule has 0 aliphatic carbocycles. The third kappa shape index (κ3) is 5.46.